The molecule has 0 amide bonds. The molecule has 5 heteroatoms. The summed E-state index contributed by atoms with van der Waals surface area (Å²) in [6.45, 7) is 0. The second-order valence-corrected chi connectivity index (χ2v) is 5.82. The zero-order valence-corrected chi connectivity index (χ0v) is 10.3. The van der Waals surface area contributed by atoms with Crippen LogP contribution in [0.25, 0.3) is 0 Å². The maximum absolute atomic E-state index is 12.1. The lowest BCUT2D eigenvalue weighted by atomic mass is 10.0. The van der Waals surface area contributed by atoms with Gasteiger partial charge in [-0.25, -0.2) is 13.1 Å². The van der Waals surface area contributed by atoms with Crippen LogP contribution in [-0.2, 0) is 10.0 Å². The summed E-state index contributed by atoms with van der Waals surface area (Å²) >= 11 is 0. The number of sulfonamides is 1. The molecule has 2 rings (SSSR count). The van der Waals surface area contributed by atoms with Gasteiger partial charge in [0.25, 0.3) is 0 Å². The second kappa shape index (κ2) is 4.89. The molecule has 17 heavy (non-hydrogen) atoms. The summed E-state index contributed by atoms with van der Waals surface area (Å²) in [6, 6.07) is 6.49. The molecule has 1 unspecified atom stereocenters. The van der Waals surface area contributed by atoms with Gasteiger partial charge in [0.05, 0.1) is 5.69 Å². The average molecular weight is 252 g/mol. The third kappa shape index (κ3) is 2.87. The first-order valence-corrected chi connectivity index (χ1v) is 7.10. The maximum atomic E-state index is 12.1. The fraction of sp³-hybridized carbons (Fsp3) is 0.333. The number of benzene rings is 1. The fourth-order valence-electron chi connectivity index (χ4n) is 1.91. The van der Waals surface area contributed by atoms with Crippen LogP contribution in [0.5, 0.6) is 0 Å². The van der Waals surface area contributed by atoms with E-state index in [9.17, 15) is 8.42 Å². The minimum atomic E-state index is -3.50. The lowest BCUT2D eigenvalue weighted by Crippen LogP contribution is -2.35. The summed E-state index contributed by atoms with van der Waals surface area (Å²) < 4.78 is 26.9. The molecule has 0 fully saturated rings. The molecule has 1 aromatic rings. The monoisotopic (exact) mass is 252 g/mol. The molecule has 0 saturated carbocycles. The van der Waals surface area contributed by atoms with Gasteiger partial charge in [0.2, 0.25) is 10.0 Å². The van der Waals surface area contributed by atoms with Crippen LogP contribution in [0.3, 0.4) is 0 Å². The van der Waals surface area contributed by atoms with Crippen molar-refractivity contribution in [3.8, 4) is 0 Å². The predicted octanol–water partition coefficient (Wildman–Crippen LogP) is 1.66. The molecule has 0 aromatic heterocycles. The highest BCUT2D eigenvalue weighted by atomic mass is 32.2. The summed E-state index contributed by atoms with van der Waals surface area (Å²) in [5.41, 5.74) is 5.96. The Kier molecular flexibility index (Phi) is 3.49. The number of anilines is 1. The first-order chi connectivity index (χ1) is 8.09. The normalized spacial score (nSPS) is 20.4. The van der Waals surface area contributed by atoms with Crippen LogP contribution in [0.15, 0.2) is 41.3 Å². The Hall–Kier alpha value is -1.33. The van der Waals surface area contributed by atoms with Gasteiger partial charge in [0.1, 0.15) is 4.90 Å². The molecule has 0 saturated heterocycles. The highest BCUT2D eigenvalue weighted by Crippen LogP contribution is 2.19. The lowest BCUT2D eigenvalue weighted by molar-refractivity contribution is 0.522. The van der Waals surface area contributed by atoms with Crippen LogP contribution in [0.2, 0.25) is 0 Å². The highest BCUT2D eigenvalue weighted by Gasteiger charge is 2.21. The zero-order valence-electron chi connectivity index (χ0n) is 9.46. The van der Waals surface area contributed by atoms with Crippen molar-refractivity contribution < 1.29 is 8.42 Å². The molecule has 3 N–H and O–H groups in total. The van der Waals surface area contributed by atoms with E-state index in [1.54, 1.807) is 18.2 Å². The summed E-state index contributed by atoms with van der Waals surface area (Å²) in [6.07, 6.45) is 6.57. The third-order valence-corrected chi connectivity index (χ3v) is 4.39. The maximum Gasteiger partial charge on any atom is 0.242 e. The first kappa shape index (κ1) is 12.1. The number of hydrogen-bond acceptors (Lipinski definition) is 3. The van der Waals surface area contributed by atoms with E-state index in [0.717, 1.165) is 19.3 Å². The minimum Gasteiger partial charge on any atom is -0.398 e. The smallest absolute Gasteiger partial charge is 0.242 e. The number of nitrogens with one attached hydrogen (secondary N) is 1. The Balaban J connectivity index is 2.19. The van der Waals surface area contributed by atoms with E-state index in [1.807, 2.05) is 6.08 Å². The SMILES string of the molecule is Nc1ccccc1S(=O)(=O)NC1CC=CCC1. The van der Waals surface area contributed by atoms with Crippen molar-refractivity contribution in [2.45, 2.75) is 30.2 Å². The number of nitrogen functional groups attached to an aromatic ring is 1. The van der Waals surface area contributed by atoms with E-state index in [-0.39, 0.29) is 16.6 Å². The fourth-order valence-corrected chi connectivity index (χ4v) is 3.32. The standard InChI is InChI=1S/C12H16N2O2S/c13-11-8-4-5-9-12(11)17(15,16)14-10-6-2-1-3-7-10/h1-2,4-5,8-10,14H,3,6-7,13H2. The number of hydrogen-bond donors (Lipinski definition) is 2. The number of allylic oxidation sites excluding steroid dienone is 1. The van der Waals surface area contributed by atoms with Gasteiger partial charge in [-0.15, -0.1) is 0 Å². The average Bonchev–Trinajstić information content (AvgIpc) is 2.30. The van der Waals surface area contributed by atoms with Gasteiger partial charge in [-0.2, -0.15) is 0 Å². The summed E-state index contributed by atoms with van der Waals surface area (Å²) in [4.78, 5) is 0.162. The molecule has 0 heterocycles. The Labute approximate surface area is 102 Å². The third-order valence-electron chi connectivity index (χ3n) is 2.80. The van der Waals surface area contributed by atoms with Gasteiger partial charge >= 0.3 is 0 Å². The van der Waals surface area contributed by atoms with Crippen LogP contribution in [0.4, 0.5) is 5.69 Å². The second-order valence-electron chi connectivity index (χ2n) is 4.14. The van der Waals surface area contributed by atoms with Crippen molar-refractivity contribution in [2.75, 3.05) is 5.73 Å². The van der Waals surface area contributed by atoms with E-state index in [1.165, 1.54) is 6.07 Å². The minimum absolute atomic E-state index is 0.0235. The molecule has 1 aliphatic carbocycles. The van der Waals surface area contributed by atoms with Gasteiger partial charge in [0, 0.05) is 6.04 Å². The molecule has 0 bridgehead atoms. The molecule has 0 radical (unpaired) electrons. The summed E-state index contributed by atoms with van der Waals surface area (Å²) in [5, 5.41) is 0. The largest absolute Gasteiger partial charge is 0.398 e. The first-order valence-electron chi connectivity index (χ1n) is 5.61. The van der Waals surface area contributed by atoms with Gasteiger partial charge in [-0.3, -0.25) is 0 Å². The Morgan fingerprint density at radius 2 is 2.00 bits per heavy atom. The van der Waals surface area contributed by atoms with Crippen molar-refractivity contribution in [3.05, 3.63) is 36.4 Å². The summed E-state index contributed by atoms with van der Waals surface area (Å²) in [7, 11) is -3.50. The highest BCUT2D eigenvalue weighted by molar-refractivity contribution is 7.89. The van der Waals surface area contributed by atoms with E-state index in [0.29, 0.717) is 0 Å². The molecule has 1 aliphatic rings. The van der Waals surface area contributed by atoms with Crippen LogP contribution in [0, 0.1) is 0 Å². The quantitative estimate of drug-likeness (QED) is 0.634. The van der Waals surface area contributed by atoms with Gasteiger partial charge in [0.15, 0.2) is 0 Å². The molecular formula is C12H16N2O2S. The Morgan fingerprint density at radius 3 is 2.65 bits per heavy atom. The molecule has 1 atom stereocenters. The molecule has 0 aliphatic heterocycles. The molecule has 92 valence electrons. The molecule has 1 aromatic carbocycles. The Morgan fingerprint density at radius 1 is 1.24 bits per heavy atom. The van der Waals surface area contributed by atoms with Crippen molar-refractivity contribution in [2.24, 2.45) is 0 Å². The van der Waals surface area contributed by atoms with Crippen molar-refractivity contribution in [1.82, 2.24) is 4.72 Å². The van der Waals surface area contributed by atoms with Crippen molar-refractivity contribution in [3.63, 3.8) is 0 Å². The van der Waals surface area contributed by atoms with Gasteiger partial charge < -0.3 is 5.73 Å². The van der Waals surface area contributed by atoms with E-state index in [2.05, 4.69) is 10.8 Å². The van der Waals surface area contributed by atoms with Crippen molar-refractivity contribution >= 4 is 15.7 Å². The Bertz CT molecular complexity index is 523. The zero-order chi connectivity index (χ0) is 12.3. The number of para-hydroxylation sites is 1. The van der Waals surface area contributed by atoms with Crippen LogP contribution >= 0.6 is 0 Å². The number of rotatable bonds is 3. The molecule has 4 nitrogen and oxygen atoms in total. The van der Waals surface area contributed by atoms with Crippen LogP contribution in [-0.4, -0.2) is 14.5 Å². The van der Waals surface area contributed by atoms with E-state index >= 15 is 0 Å². The molecular weight excluding hydrogens is 236 g/mol. The van der Waals surface area contributed by atoms with Gasteiger partial charge in [-0.05, 0) is 31.4 Å². The number of nitrogens with two attached hydrogens (primary N) is 1. The van der Waals surface area contributed by atoms with Crippen LogP contribution in [0.1, 0.15) is 19.3 Å². The topological polar surface area (TPSA) is 72.2 Å². The van der Waals surface area contributed by atoms with E-state index < -0.39 is 10.0 Å². The van der Waals surface area contributed by atoms with Crippen molar-refractivity contribution in [1.29, 1.82) is 0 Å². The summed E-state index contributed by atoms with van der Waals surface area (Å²) in [5.74, 6) is 0. The van der Waals surface area contributed by atoms with Gasteiger partial charge in [-0.1, -0.05) is 24.3 Å². The van der Waals surface area contributed by atoms with E-state index in [4.69, 9.17) is 5.73 Å². The molecule has 0 spiro atoms. The van der Waals surface area contributed by atoms with Crippen LogP contribution < -0.4 is 10.5 Å². The predicted molar refractivity (Wildman–Crippen MR) is 68.0 cm³/mol. The lowest BCUT2D eigenvalue weighted by Gasteiger charge is -2.19.